The van der Waals surface area contributed by atoms with E-state index in [0.29, 0.717) is 11.0 Å². The third-order valence-electron chi connectivity index (χ3n) is 9.96. The first-order valence-electron chi connectivity index (χ1n) is 11.3. The Morgan fingerprint density at radius 1 is 0.875 bits per heavy atom. The molecule has 4 aliphatic carbocycles. The number of rotatable bonds is 1. The van der Waals surface area contributed by atoms with E-state index >= 15 is 0 Å². The Morgan fingerprint density at radius 2 is 1.75 bits per heavy atom. The van der Waals surface area contributed by atoms with Gasteiger partial charge in [0.2, 0.25) is 0 Å². The fourth-order valence-electron chi connectivity index (χ4n) is 8.84. The van der Waals surface area contributed by atoms with Gasteiger partial charge in [-0.1, -0.05) is 20.3 Å². The van der Waals surface area contributed by atoms with Crippen molar-refractivity contribution in [2.45, 2.75) is 96.5 Å². The van der Waals surface area contributed by atoms with Gasteiger partial charge in [0, 0.05) is 6.61 Å². The van der Waals surface area contributed by atoms with Gasteiger partial charge < -0.3 is 4.74 Å². The predicted octanol–water partition coefficient (Wildman–Crippen LogP) is 6.21. The Hall–Kier alpha value is -0.0400. The summed E-state index contributed by atoms with van der Waals surface area (Å²) in [7, 11) is 0. The van der Waals surface area contributed by atoms with Crippen molar-refractivity contribution in [3.63, 3.8) is 0 Å². The summed E-state index contributed by atoms with van der Waals surface area (Å²) in [6.07, 6.45) is 17.7. The van der Waals surface area contributed by atoms with Crippen LogP contribution in [0.5, 0.6) is 0 Å². The van der Waals surface area contributed by atoms with Crippen molar-refractivity contribution in [1.82, 2.24) is 0 Å². The lowest BCUT2D eigenvalue weighted by Gasteiger charge is -2.57. The molecule has 4 saturated carbocycles. The van der Waals surface area contributed by atoms with Gasteiger partial charge in [0.05, 0.1) is 5.60 Å². The molecule has 0 amide bonds. The smallest absolute Gasteiger partial charge is 0.0686 e. The molecule has 1 heterocycles. The van der Waals surface area contributed by atoms with Crippen LogP contribution in [-0.4, -0.2) is 12.2 Å². The monoisotopic (exact) mass is 330 g/mol. The van der Waals surface area contributed by atoms with Gasteiger partial charge in [0.15, 0.2) is 0 Å². The lowest BCUT2D eigenvalue weighted by Crippen LogP contribution is -2.50. The minimum atomic E-state index is 0.331. The molecule has 1 spiro atoms. The van der Waals surface area contributed by atoms with Crippen molar-refractivity contribution in [1.29, 1.82) is 0 Å². The van der Waals surface area contributed by atoms with Crippen molar-refractivity contribution < 1.29 is 4.74 Å². The summed E-state index contributed by atoms with van der Waals surface area (Å²) in [6.45, 7) is 6.18. The van der Waals surface area contributed by atoms with Gasteiger partial charge in [-0.25, -0.2) is 0 Å². The molecule has 0 aromatic rings. The molecule has 5 aliphatic rings. The summed E-state index contributed by atoms with van der Waals surface area (Å²) in [6, 6.07) is 0. The van der Waals surface area contributed by atoms with Gasteiger partial charge in [0.25, 0.3) is 0 Å². The quantitative estimate of drug-likeness (QED) is 0.555. The van der Waals surface area contributed by atoms with Gasteiger partial charge in [-0.3, -0.25) is 0 Å². The SMILES string of the molecule is CCC1CCC2C3CCC4CC5(CCCO5)CCC4C3CCC12C. The zero-order valence-corrected chi connectivity index (χ0v) is 16.1. The summed E-state index contributed by atoms with van der Waals surface area (Å²) in [5, 5.41) is 0. The standard InChI is InChI=1S/C23H38O/c1-3-17-6-8-21-20-7-5-16-15-23(11-4-14-24-23)13-10-18(16)19(20)9-12-22(17,21)2/h16-21H,3-15H2,1-2H3. The number of hydrogen-bond donors (Lipinski definition) is 0. The number of ether oxygens (including phenoxy) is 1. The van der Waals surface area contributed by atoms with E-state index in [9.17, 15) is 0 Å². The largest absolute Gasteiger partial charge is 0.375 e. The Labute approximate surface area is 149 Å². The zero-order chi connectivity index (χ0) is 16.4. The van der Waals surface area contributed by atoms with Crippen LogP contribution in [0.25, 0.3) is 0 Å². The fourth-order valence-corrected chi connectivity index (χ4v) is 8.84. The lowest BCUT2D eigenvalue weighted by molar-refractivity contribution is -0.112. The van der Waals surface area contributed by atoms with Crippen molar-refractivity contribution in [2.24, 2.45) is 40.9 Å². The van der Waals surface area contributed by atoms with E-state index in [1.165, 1.54) is 51.4 Å². The van der Waals surface area contributed by atoms with Crippen molar-refractivity contribution in [3.8, 4) is 0 Å². The van der Waals surface area contributed by atoms with E-state index in [2.05, 4.69) is 13.8 Å². The highest BCUT2D eigenvalue weighted by Crippen LogP contribution is 2.65. The molecular formula is C23H38O. The van der Waals surface area contributed by atoms with E-state index in [1.807, 2.05) is 0 Å². The first-order chi connectivity index (χ1) is 11.7. The molecule has 5 fully saturated rings. The van der Waals surface area contributed by atoms with E-state index in [4.69, 9.17) is 4.74 Å². The van der Waals surface area contributed by atoms with Gasteiger partial charge in [0.1, 0.15) is 0 Å². The maximum Gasteiger partial charge on any atom is 0.0686 e. The molecule has 1 heteroatoms. The Bertz CT molecular complexity index is 478. The summed E-state index contributed by atoms with van der Waals surface area (Å²) in [5.74, 6) is 6.33. The maximum atomic E-state index is 6.28. The summed E-state index contributed by atoms with van der Waals surface area (Å²) < 4.78 is 6.28. The average molecular weight is 331 g/mol. The topological polar surface area (TPSA) is 9.23 Å². The molecule has 0 N–H and O–H groups in total. The van der Waals surface area contributed by atoms with Crippen LogP contribution in [0.4, 0.5) is 0 Å². The van der Waals surface area contributed by atoms with Crippen LogP contribution in [0.2, 0.25) is 0 Å². The number of fused-ring (bicyclic) bond motifs is 5. The normalized spacial score (nSPS) is 56.8. The van der Waals surface area contributed by atoms with E-state index in [1.54, 1.807) is 25.7 Å². The molecule has 5 rings (SSSR count). The second-order valence-electron chi connectivity index (χ2n) is 10.5. The highest BCUT2D eigenvalue weighted by molar-refractivity contribution is 5.07. The molecule has 1 aliphatic heterocycles. The van der Waals surface area contributed by atoms with Gasteiger partial charge >= 0.3 is 0 Å². The molecule has 0 aromatic heterocycles. The highest BCUT2D eigenvalue weighted by Gasteiger charge is 2.57. The molecule has 136 valence electrons. The van der Waals surface area contributed by atoms with E-state index < -0.39 is 0 Å². The van der Waals surface area contributed by atoms with E-state index in [0.717, 1.165) is 42.1 Å². The first kappa shape index (κ1) is 16.2. The predicted molar refractivity (Wildman–Crippen MR) is 98.8 cm³/mol. The fraction of sp³-hybridized carbons (Fsp3) is 1.00. The molecule has 0 radical (unpaired) electrons. The van der Waals surface area contributed by atoms with Crippen molar-refractivity contribution >= 4 is 0 Å². The lowest BCUT2D eigenvalue weighted by atomic mass is 9.49. The summed E-state index contributed by atoms with van der Waals surface area (Å²) in [5.41, 5.74) is 1.03. The zero-order valence-electron chi connectivity index (χ0n) is 16.1. The average Bonchev–Trinajstić information content (AvgIpc) is 3.18. The Morgan fingerprint density at radius 3 is 2.54 bits per heavy atom. The van der Waals surface area contributed by atoms with Crippen LogP contribution >= 0.6 is 0 Å². The van der Waals surface area contributed by atoms with Crippen molar-refractivity contribution in [3.05, 3.63) is 0 Å². The second-order valence-corrected chi connectivity index (χ2v) is 10.5. The first-order valence-corrected chi connectivity index (χ1v) is 11.3. The van der Waals surface area contributed by atoms with Crippen LogP contribution in [0, 0.1) is 40.9 Å². The Balaban J connectivity index is 1.34. The molecule has 8 unspecified atom stereocenters. The van der Waals surface area contributed by atoms with Crippen molar-refractivity contribution in [2.75, 3.05) is 6.61 Å². The highest BCUT2D eigenvalue weighted by atomic mass is 16.5. The number of hydrogen-bond acceptors (Lipinski definition) is 1. The van der Waals surface area contributed by atoms with E-state index in [-0.39, 0.29) is 0 Å². The second kappa shape index (κ2) is 5.73. The minimum Gasteiger partial charge on any atom is -0.375 e. The maximum absolute atomic E-state index is 6.28. The Kier molecular flexibility index (Phi) is 3.86. The van der Waals surface area contributed by atoms with Crippen LogP contribution in [0.1, 0.15) is 90.9 Å². The summed E-state index contributed by atoms with van der Waals surface area (Å²) in [4.78, 5) is 0. The van der Waals surface area contributed by atoms with Gasteiger partial charge in [-0.15, -0.1) is 0 Å². The van der Waals surface area contributed by atoms with Gasteiger partial charge in [-0.2, -0.15) is 0 Å². The third kappa shape index (κ3) is 2.22. The van der Waals surface area contributed by atoms with Crippen LogP contribution in [0.15, 0.2) is 0 Å². The molecule has 0 bridgehead atoms. The molecule has 8 atom stereocenters. The molecular weight excluding hydrogens is 292 g/mol. The van der Waals surface area contributed by atoms with Crippen LogP contribution < -0.4 is 0 Å². The third-order valence-corrected chi connectivity index (χ3v) is 9.96. The molecule has 1 saturated heterocycles. The van der Waals surface area contributed by atoms with Crippen LogP contribution in [0.3, 0.4) is 0 Å². The molecule has 24 heavy (non-hydrogen) atoms. The summed E-state index contributed by atoms with van der Waals surface area (Å²) >= 11 is 0. The molecule has 1 nitrogen and oxygen atoms in total. The van der Waals surface area contributed by atoms with Crippen LogP contribution in [-0.2, 0) is 4.74 Å². The van der Waals surface area contributed by atoms with Gasteiger partial charge in [-0.05, 0) is 112 Å². The molecule has 0 aromatic carbocycles. The minimum absolute atomic E-state index is 0.331.